The van der Waals surface area contributed by atoms with Crippen LogP contribution < -0.4 is 5.32 Å². The molecule has 1 heterocycles. The molecule has 1 saturated heterocycles. The van der Waals surface area contributed by atoms with Crippen LogP contribution in [-0.2, 0) is 17.5 Å². The van der Waals surface area contributed by atoms with E-state index in [1.807, 2.05) is 0 Å². The summed E-state index contributed by atoms with van der Waals surface area (Å²) in [7, 11) is 0. The molecule has 1 fully saturated rings. The Morgan fingerprint density at radius 2 is 1.79 bits per heavy atom. The maximum Gasteiger partial charge on any atom is 0.419 e. The number of hydrogen-bond donors (Lipinski definition) is 1. The van der Waals surface area contributed by atoms with Gasteiger partial charge in [-0.3, -0.25) is 0 Å². The second-order valence-electron chi connectivity index (χ2n) is 7.16. The Morgan fingerprint density at radius 3 is 2.36 bits per heavy atom. The van der Waals surface area contributed by atoms with Crippen LogP contribution in [0.1, 0.15) is 25.0 Å². The molecule has 12 heteroatoms. The number of nitrogens with zero attached hydrogens (tertiary/aromatic N) is 1. The molecule has 1 aromatic carbocycles. The van der Waals surface area contributed by atoms with Crippen LogP contribution in [-0.4, -0.2) is 35.3 Å². The van der Waals surface area contributed by atoms with Gasteiger partial charge in [0, 0.05) is 12.1 Å². The molecule has 2 atom stereocenters. The van der Waals surface area contributed by atoms with Crippen molar-refractivity contribution in [3.8, 4) is 0 Å². The van der Waals surface area contributed by atoms with E-state index >= 15 is 0 Å². The Labute approximate surface area is 184 Å². The Bertz CT molecular complexity index is 996. The first-order chi connectivity index (χ1) is 15.1. The summed E-state index contributed by atoms with van der Waals surface area (Å²) in [5.74, 6) is -1.30. The summed E-state index contributed by atoms with van der Waals surface area (Å²) in [6.45, 7) is 4.91. The van der Waals surface area contributed by atoms with Crippen molar-refractivity contribution in [1.29, 1.82) is 0 Å². The summed E-state index contributed by atoms with van der Waals surface area (Å²) >= 11 is 0. The Morgan fingerprint density at radius 1 is 1.18 bits per heavy atom. The van der Waals surface area contributed by atoms with Gasteiger partial charge < -0.3 is 10.1 Å². The van der Waals surface area contributed by atoms with Crippen LogP contribution in [0.4, 0.5) is 40.3 Å². The fraction of sp³-hybridized carbons (Fsp3) is 0.333. The minimum atomic E-state index is -4.74. The Hall–Kier alpha value is -3.31. The first-order valence-corrected chi connectivity index (χ1v) is 9.37. The van der Waals surface area contributed by atoms with E-state index in [1.165, 1.54) is 19.1 Å². The topological polar surface area (TPSA) is 58.6 Å². The van der Waals surface area contributed by atoms with Crippen LogP contribution in [0.3, 0.4) is 0 Å². The van der Waals surface area contributed by atoms with Crippen molar-refractivity contribution in [3.05, 3.63) is 71.1 Å². The molecule has 1 N–H and O–H groups in total. The highest BCUT2D eigenvalue weighted by Gasteiger charge is 2.44. The van der Waals surface area contributed by atoms with E-state index in [9.17, 15) is 40.3 Å². The average molecular weight is 480 g/mol. The van der Waals surface area contributed by atoms with Gasteiger partial charge in [-0.05, 0) is 43.2 Å². The highest BCUT2D eigenvalue weighted by molar-refractivity contribution is 5.93. The monoisotopic (exact) mass is 480 g/mol. The van der Waals surface area contributed by atoms with E-state index in [4.69, 9.17) is 4.74 Å². The van der Waals surface area contributed by atoms with Crippen LogP contribution in [0.5, 0.6) is 0 Å². The van der Waals surface area contributed by atoms with Crippen molar-refractivity contribution < 1.29 is 45.1 Å². The smallest absolute Gasteiger partial charge is 0.419 e. The number of alkyl halides is 6. The van der Waals surface area contributed by atoms with Crippen LogP contribution in [0.15, 0.2) is 60.0 Å². The van der Waals surface area contributed by atoms with Crippen molar-refractivity contribution >= 4 is 12.1 Å². The third kappa shape index (κ3) is 6.36. The molecule has 0 radical (unpaired) electrons. The molecule has 0 bridgehead atoms. The number of nitrogens with one attached hydrogen (secondary N) is 1. The molecule has 0 aliphatic carbocycles. The lowest BCUT2D eigenvalue weighted by molar-refractivity contribution is -0.138. The van der Waals surface area contributed by atoms with E-state index in [0.717, 1.165) is 12.1 Å². The van der Waals surface area contributed by atoms with Crippen molar-refractivity contribution in [1.82, 2.24) is 10.2 Å². The maximum atomic E-state index is 13.9. The van der Waals surface area contributed by atoms with E-state index in [-0.39, 0.29) is 17.2 Å². The maximum absolute atomic E-state index is 13.9. The predicted molar refractivity (Wildman–Crippen MR) is 103 cm³/mol. The zero-order valence-corrected chi connectivity index (χ0v) is 17.4. The third-order valence-corrected chi connectivity index (χ3v) is 4.73. The first kappa shape index (κ1) is 25.9. The van der Waals surface area contributed by atoms with Crippen molar-refractivity contribution in [2.75, 3.05) is 0 Å². The molecule has 2 rings (SSSR count). The van der Waals surface area contributed by atoms with Crippen molar-refractivity contribution in [2.24, 2.45) is 0 Å². The lowest BCUT2D eigenvalue weighted by atomic mass is 10.0. The number of amides is 3. The number of cyclic esters (lactones) is 1. The number of urea groups is 1. The molecule has 3 amide bonds. The Kier molecular flexibility index (Phi) is 7.60. The molecule has 33 heavy (non-hydrogen) atoms. The van der Waals surface area contributed by atoms with Gasteiger partial charge in [0.15, 0.2) is 0 Å². The zero-order chi connectivity index (χ0) is 25.1. The van der Waals surface area contributed by atoms with Crippen LogP contribution in [0.2, 0.25) is 0 Å². The number of halogens is 7. The summed E-state index contributed by atoms with van der Waals surface area (Å²) in [5.41, 5.74) is -2.63. The normalized spacial score (nSPS) is 20.0. The number of rotatable bonds is 5. The van der Waals surface area contributed by atoms with Crippen LogP contribution >= 0.6 is 0 Å². The zero-order valence-electron chi connectivity index (χ0n) is 17.4. The standard InChI is InChI=1S/C21H19F7N2O3/c1-11(8-15(22)9-12(2)20(23,24)25)17-13(3)30(19(32)33-17)18(31)29-10-14-6-4-5-7-16(14)21(26,27)28/h4-9,13,17H,1,10H2,2-3H3,(H,29,31)/b12-9+,15-8+/t13-,17+/m0/s1. The quantitative estimate of drug-likeness (QED) is 0.413. The molecule has 0 unspecified atom stereocenters. The van der Waals surface area contributed by atoms with Gasteiger partial charge in [0.2, 0.25) is 0 Å². The number of carbonyl (C=O) groups is 2. The summed E-state index contributed by atoms with van der Waals surface area (Å²) in [5, 5.41) is 2.19. The molecule has 1 aromatic rings. The third-order valence-electron chi connectivity index (χ3n) is 4.73. The summed E-state index contributed by atoms with van der Waals surface area (Å²) in [4.78, 5) is 25.1. The number of carbonyl (C=O) groups excluding carboxylic acids is 2. The molecular formula is C21H19F7N2O3. The molecule has 1 aliphatic rings. The van der Waals surface area contributed by atoms with Gasteiger partial charge in [-0.1, -0.05) is 24.8 Å². The van der Waals surface area contributed by atoms with E-state index in [0.29, 0.717) is 17.9 Å². The molecule has 180 valence electrons. The van der Waals surface area contributed by atoms with Gasteiger partial charge in [0.1, 0.15) is 11.9 Å². The lowest BCUT2D eigenvalue weighted by Gasteiger charge is -2.20. The fourth-order valence-corrected chi connectivity index (χ4v) is 3.02. The molecule has 0 spiro atoms. The summed E-state index contributed by atoms with van der Waals surface area (Å²) in [6, 6.07) is 2.38. The van der Waals surface area contributed by atoms with E-state index in [2.05, 4.69) is 11.9 Å². The SMILES string of the molecule is C=C(/C=C(F)\C=C(/C)C(F)(F)F)[C@H]1OC(=O)N(C(=O)NCc2ccccc2C(F)(F)F)[C@H]1C. The summed E-state index contributed by atoms with van der Waals surface area (Å²) in [6.07, 6.45) is -11.0. The average Bonchev–Trinajstić information content (AvgIpc) is 2.99. The van der Waals surface area contributed by atoms with Gasteiger partial charge >= 0.3 is 24.5 Å². The predicted octanol–water partition coefficient (Wildman–Crippen LogP) is 6.04. The summed E-state index contributed by atoms with van der Waals surface area (Å²) < 4.78 is 95.7. The molecule has 1 aliphatic heterocycles. The minimum Gasteiger partial charge on any atom is -0.439 e. The number of ether oxygens (including phenoxy) is 1. The fourth-order valence-electron chi connectivity index (χ4n) is 3.02. The van der Waals surface area contributed by atoms with Gasteiger partial charge in [0.25, 0.3) is 0 Å². The molecular weight excluding hydrogens is 461 g/mol. The molecule has 5 nitrogen and oxygen atoms in total. The minimum absolute atomic E-state index is 0.225. The molecule has 0 saturated carbocycles. The second kappa shape index (κ2) is 9.67. The largest absolute Gasteiger partial charge is 0.439 e. The van der Waals surface area contributed by atoms with Crippen molar-refractivity contribution in [3.63, 3.8) is 0 Å². The van der Waals surface area contributed by atoms with Gasteiger partial charge in [-0.25, -0.2) is 18.9 Å². The van der Waals surface area contributed by atoms with E-state index in [1.54, 1.807) is 0 Å². The highest BCUT2D eigenvalue weighted by Crippen LogP contribution is 2.32. The van der Waals surface area contributed by atoms with Gasteiger partial charge in [-0.2, -0.15) is 26.3 Å². The number of allylic oxidation sites excluding steroid dienone is 3. The Balaban J connectivity index is 2.11. The van der Waals surface area contributed by atoms with Crippen LogP contribution in [0, 0.1) is 0 Å². The lowest BCUT2D eigenvalue weighted by Crippen LogP contribution is -2.45. The molecule has 0 aromatic heterocycles. The highest BCUT2D eigenvalue weighted by atomic mass is 19.4. The van der Waals surface area contributed by atoms with E-state index < -0.39 is 60.1 Å². The van der Waals surface area contributed by atoms with Gasteiger partial charge in [0.05, 0.1) is 11.6 Å². The number of hydrogen-bond acceptors (Lipinski definition) is 3. The second-order valence-corrected chi connectivity index (χ2v) is 7.16. The first-order valence-electron chi connectivity index (χ1n) is 9.37. The number of imide groups is 1. The van der Waals surface area contributed by atoms with Crippen LogP contribution in [0.25, 0.3) is 0 Å². The van der Waals surface area contributed by atoms with Crippen molar-refractivity contribution in [2.45, 2.75) is 44.9 Å². The number of benzene rings is 1. The van der Waals surface area contributed by atoms with Gasteiger partial charge in [-0.15, -0.1) is 0 Å².